The first-order chi connectivity index (χ1) is 11.6. The first-order valence-electron chi connectivity index (χ1n) is 7.44. The molecule has 1 N–H and O–H groups in total. The maximum absolute atomic E-state index is 13.6. The molecule has 1 aliphatic rings. The molecule has 126 valence electrons. The van der Waals surface area contributed by atoms with Crippen LogP contribution in [0.3, 0.4) is 0 Å². The highest BCUT2D eigenvalue weighted by Gasteiger charge is 2.19. The van der Waals surface area contributed by atoms with Crippen molar-refractivity contribution in [2.75, 3.05) is 36.5 Å². The van der Waals surface area contributed by atoms with Crippen molar-refractivity contribution in [3.63, 3.8) is 0 Å². The van der Waals surface area contributed by atoms with Crippen LogP contribution in [0.1, 0.15) is 10.4 Å². The van der Waals surface area contributed by atoms with Crippen molar-refractivity contribution in [3.8, 4) is 0 Å². The van der Waals surface area contributed by atoms with Gasteiger partial charge >= 0.3 is 0 Å². The molecule has 2 aromatic rings. The van der Waals surface area contributed by atoms with Gasteiger partial charge in [0.05, 0.1) is 18.8 Å². The van der Waals surface area contributed by atoms with Gasteiger partial charge < -0.3 is 15.0 Å². The molecule has 1 fully saturated rings. The molecule has 0 aliphatic carbocycles. The van der Waals surface area contributed by atoms with E-state index in [1.807, 2.05) is 12.1 Å². The number of hydrogen-bond acceptors (Lipinski definition) is 3. The lowest BCUT2D eigenvalue weighted by atomic mass is 10.1. The Bertz CT molecular complexity index is 744. The third-order valence-corrected chi connectivity index (χ3v) is 3.78. The quantitative estimate of drug-likeness (QED) is 0.876. The molecule has 1 aliphatic heterocycles. The number of nitrogens with zero attached hydrogens (tertiary/aromatic N) is 1. The minimum absolute atomic E-state index is 0.432. The number of rotatable bonds is 3. The van der Waals surface area contributed by atoms with Crippen molar-refractivity contribution in [1.82, 2.24) is 0 Å². The Balaban J connectivity index is 1.72. The molecular weight excluding hydrogens is 321 g/mol. The lowest BCUT2D eigenvalue weighted by molar-refractivity contribution is 0.102. The molecule has 0 bridgehead atoms. The van der Waals surface area contributed by atoms with Gasteiger partial charge in [0, 0.05) is 24.5 Å². The fourth-order valence-corrected chi connectivity index (χ4v) is 2.48. The van der Waals surface area contributed by atoms with E-state index < -0.39 is 28.9 Å². The number of halogens is 3. The summed E-state index contributed by atoms with van der Waals surface area (Å²) in [5.41, 5.74) is 0.864. The first kappa shape index (κ1) is 16.3. The Hall–Kier alpha value is -2.54. The lowest BCUT2D eigenvalue weighted by Gasteiger charge is -2.28. The van der Waals surface area contributed by atoms with E-state index in [4.69, 9.17) is 4.74 Å². The highest BCUT2D eigenvalue weighted by molar-refractivity contribution is 6.04. The van der Waals surface area contributed by atoms with Crippen LogP contribution in [0, 0.1) is 17.5 Å². The first-order valence-corrected chi connectivity index (χ1v) is 7.44. The third kappa shape index (κ3) is 3.35. The summed E-state index contributed by atoms with van der Waals surface area (Å²) in [6.07, 6.45) is 0. The smallest absolute Gasteiger partial charge is 0.258 e. The standard InChI is InChI=1S/C17H15F3N2O2/c18-14-6-5-13(15(19)16(14)20)17(23)21-11-1-3-12(4-2-11)22-7-9-24-10-8-22/h1-6H,7-10H2,(H,21,23). The lowest BCUT2D eigenvalue weighted by Crippen LogP contribution is -2.36. The van der Waals surface area contributed by atoms with Crippen molar-refractivity contribution in [3.05, 3.63) is 59.4 Å². The number of carbonyl (C=O) groups excluding carboxylic acids is 1. The van der Waals surface area contributed by atoms with Crippen molar-refractivity contribution in [1.29, 1.82) is 0 Å². The number of benzene rings is 2. The zero-order valence-electron chi connectivity index (χ0n) is 12.7. The molecule has 0 saturated carbocycles. The van der Waals surface area contributed by atoms with Gasteiger partial charge in [-0.1, -0.05) is 0 Å². The van der Waals surface area contributed by atoms with Gasteiger partial charge in [-0.15, -0.1) is 0 Å². The molecule has 3 rings (SSSR count). The summed E-state index contributed by atoms with van der Waals surface area (Å²) in [6.45, 7) is 2.89. The molecule has 24 heavy (non-hydrogen) atoms. The van der Waals surface area contributed by atoms with Crippen molar-refractivity contribution in [2.45, 2.75) is 0 Å². The van der Waals surface area contributed by atoms with Gasteiger partial charge in [0.1, 0.15) is 0 Å². The normalized spacial score (nSPS) is 14.5. The summed E-state index contributed by atoms with van der Waals surface area (Å²) in [6, 6.07) is 8.60. The minimum Gasteiger partial charge on any atom is -0.378 e. The number of amides is 1. The molecule has 0 spiro atoms. The molecule has 1 saturated heterocycles. The monoisotopic (exact) mass is 336 g/mol. The van der Waals surface area contributed by atoms with Gasteiger partial charge in [-0.2, -0.15) is 0 Å². The molecule has 4 nitrogen and oxygen atoms in total. The number of hydrogen-bond donors (Lipinski definition) is 1. The number of morpholine rings is 1. The van der Waals surface area contributed by atoms with Gasteiger partial charge in [0.25, 0.3) is 5.91 Å². The van der Waals surface area contributed by atoms with E-state index in [-0.39, 0.29) is 0 Å². The van der Waals surface area contributed by atoms with Crippen LogP contribution >= 0.6 is 0 Å². The number of anilines is 2. The van der Waals surface area contributed by atoms with Crippen LogP contribution in [0.15, 0.2) is 36.4 Å². The summed E-state index contributed by atoms with van der Waals surface area (Å²) in [7, 11) is 0. The van der Waals surface area contributed by atoms with Crippen LogP contribution in [0.4, 0.5) is 24.5 Å². The average Bonchev–Trinajstić information content (AvgIpc) is 2.61. The molecule has 0 radical (unpaired) electrons. The summed E-state index contributed by atoms with van der Waals surface area (Å²) < 4.78 is 45.0. The summed E-state index contributed by atoms with van der Waals surface area (Å²) in [4.78, 5) is 14.2. The Morgan fingerprint density at radius 2 is 1.62 bits per heavy atom. The van der Waals surface area contributed by atoms with E-state index in [9.17, 15) is 18.0 Å². The molecule has 1 heterocycles. The summed E-state index contributed by atoms with van der Waals surface area (Å²) >= 11 is 0. The number of carbonyl (C=O) groups is 1. The third-order valence-electron chi connectivity index (χ3n) is 3.78. The second kappa shape index (κ2) is 6.92. The Labute approximate surface area is 136 Å². The van der Waals surface area contributed by atoms with Gasteiger partial charge in [0.15, 0.2) is 17.5 Å². The Morgan fingerprint density at radius 3 is 2.29 bits per heavy atom. The second-order valence-corrected chi connectivity index (χ2v) is 5.32. The molecular formula is C17H15F3N2O2. The minimum atomic E-state index is -1.66. The van der Waals surface area contributed by atoms with Crippen LogP contribution in [0.5, 0.6) is 0 Å². The summed E-state index contributed by atoms with van der Waals surface area (Å²) in [5.74, 6) is -5.34. The number of nitrogens with one attached hydrogen (secondary N) is 1. The van der Waals surface area contributed by atoms with Gasteiger partial charge in [-0.05, 0) is 36.4 Å². The van der Waals surface area contributed by atoms with Gasteiger partial charge in [-0.25, -0.2) is 13.2 Å². The highest BCUT2D eigenvalue weighted by atomic mass is 19.2. The molecule has 0 aromatic heterocycles. The van der Waals surface area contributed by atoms with E-state index in [1.54, 1.807) is 12.1 Å². The average molecular weight is 336 g/mol. The number of ether oxygens (including phenoxy) is 1. The van der Waals surface area contributed by atoms with Gasteiger partial charge in [0.2, 0.25) is 0 Å². The van der Waals surface area contributed by atoms with E-state index in [1.165, 1.54) is 0 Å². The molecule has 7 heteroatoms. The highest BCUT2D eigenvalue weighted by Crippen LogP contribution is 2.21. The molecule has 1 amide bonds. The Morgan fingerprint density at radius 1 is 0.958 bits per heavy atom. The maximum Gasteiger partial charge on any atom is 0.258 e. The topological polar surface area (TPSA) is 41.6 Å². The fourth-order valence-electron chi connectivity index (χ4n) is 2.48. The molecule has 0 atom stereocenters. The molecule has 2 aromatic carbocycles. The van der Waals surface area contributed by atoms with E-state index in [2.05, 4.69) is 10.2 Å². The van der Waals surface area contributed by atoms with Crippen LogP contribution < -0.4 is 10.2 Å². The SMILES string of the molecule is O=C(Nc1ccc(N2CCOCC2)cc1)c1ccc(F)c(F)c1F. The van der Waals surface area contributed by atoms with E-state index in [0.29, 0.717) is 18.9 Å². The zero-order chi connectivity index (χ0) is 17.1. The van der Waals surface area contributed by atoms with Crippen molar-refractivity contribution in [2.24, 2.45) is 0 Å². The fraction of sp³-hybridized carbons (Fsp3) is 0.235. The maximum atomic E-state index is 13.6. The predicted octanol–water partition coefficient (Wildman–Crippen LogP) is 3.19. The zero-order valence-corrected chi connectivity index (χ0v) is 12.7. The largest absolute Gasteiger partial charge is 0.378 e. The Kier molecular flexibility index (Phi) is 4.71. The molecule has 0 unspecified atom stereocenters. The van der Waals surface area contributed by atoms with E-state index in [0.717, 1.165) is 30.9 Å². The van der Waals surface area contributed by atoms with E-state index >= 15 is 0 Å². The van der Waals surface area contributed by atoms with Crippen molar-refractivity contribution >= 4 is 17.3 Å². The van der Waals surface area contributed by atoms with Crippen LogP contribution in [0.2, 0.25) is 0 Å². The van der Waals surface area contributed by atoms with Crippen LogP contribution in [-0.2, 0) is 4.74 Å². The summed E-state index contributed by atoms with van der Waals surface area (Å²) in [5, 5.41) is 2.46. The van der Waals surface area contributed by atoms with Gasteiger partial charge in [-0.3, -0.25) is 4.79 Å². The van der Waals surface area contributed by atoms with Crippen LogP contribution in [-0.4, -0.2) is 32.2 Å². The predicted molar refractivity (Wildman–Crippen MR) is 83.7 cm³/mol. The van der Waals surface area contributed by atoms with Crippen molar-refractivity contribution < 1.29 is 22.7 Å². The van der Waals surface area contributed by atoms with Crippen LogP contribution in [0.25, 0.3) is 0 Å². The second-order valence-electron chi connectivity index (χ2n) is 5.32.